The summed E-state index contributed by atoms with van der Waals surface area (Å²) in [6.07, 6.45) is 2.24. The van der Waals surface area contributed by atoms with Crippen molar-refractivity contribution in [2.45, 2.75) is 18.9 Å². The molecule has 13 heavy (non-hydrogen) atoms. The van der Waals surface area contributed by atoms with Gasteiger partial charge in [-0.1, -0.05) is 0 Å². The first kappa shape index (κ1) is 8.38. The molecule has 4 N–H and O–H groups in total. The molecule has 1 aromatic rings. The second-order valence-corrected chi connectivity index (χ2v) is 3.61. The molecular weight excluding hydrogens is 166 g/mol. The summed E-state index contributed by atoms with van der Waals surface area (Å²) in [4.78, 5) is 0. The summed E-state index contributed by atoms with van der Waals surface area (Å²) in [7, 11) is 0. The third-order valence-corrected chi connectivity index (χ3v) is 2.50. The maximum absolute atomic E-state index is 9.49. The van der Waals surface area contributed by atoms with Crippen LogP contribution in [-0.2, 0) is 0 Å². The zero-order valence-electron chi connectivity index (χ0n) is 7.27. The molecule has 3 heteroatoms. The van der Waals surface area contributed by atoms with Gasteiger partial charge in [0.25, 0.3) is 0 Å². The van der Waals surface area contributed by atoms with Gasteiger partial charge < -0.3 is 15.9 Å². The Hall–Kier alpha value is -1.22. The predicted molar refractivity (Wildman–Crippen MR) is 49.4 cm³/mol. The molecule has 1 fully saturated rings. The van der Waals surface area contributed by atoms with Gasteiger partial charge in [-0.3, -0.25) is 0 Å². The minimum Gasteiger partial charge on any atom is -0.508 e. The first-order valence-electron chi connectivity index (χ1n) is 4.46. The van der Waals surface area contributed by atoms with Crippen LogP contribution < -0.4 is 5.73 Å². The largest absolute Gasteiger partial charge is 0.508 e. The molecule has 3 nitrogen and oxygen atoms in total. The number of benzene rings is 1. The second-order valence-electron chi connectivity index (χ2n) is 3.61. The fraction of sp³-hybridized carbons (Fsp3) is 0.400. The molecule has 1 aliphatic carbocycles. The highest BCUT2D eigenvalue weighted by Gasteiger charge is 2.31. The van der Waals surface area contributed by atoms with Crippen LogP contribution in [0.4, 0.5) is 0 Å². The van der Waals surface area contributed by atoms with Gasteiger partial charge in [-0.25, -0.2) is 0 Å². The number of phenols is 2. The summed E-state index contributed by atoms with van der Waals surface area (Å²) in [6.45, 7) is 0. The highest BCUT2D eigenvalue weighted by atomic mass is 16.3. The van der Waals surface area contributed by atoms with Crippen LogP contribution in [0.15, 0.2) is 18.2 Å². The maximum atomic E-state index is 9.49. The van der Waals surface area contributed by atoms with Crippen molar-refractivity contribution in [3.05, 3.63) is 23.8 Å². The molecule has 1 saturated carbocycles. The SMILES string of the molecule is N[C@@H](c1cc(O)ccc1O)C1CC1. The minimum absolute atomic E-state index is 0.132. The summed E-state index contributed by atoms with van der Waals surface area (Å²) in [5, 5.41) is 18.7. The topological polar surface area (TPSA) is 66.5 Å². The number of aromatic hydroxyl groups is 2. The van der Waals surface area contributed by atoms with Gasteiger partial charge in [0.15, 0.2) is 0 Å². The molecule has 0 amide bonds. The maximum Gasteiger partial charge on any atom is 0.120 e. The van der Waals surface area contributed by atoms with Crippen LogP contribution in [0.25, 0.3) is 0 Å². The van der Waals surface area contributed by atoms with Crippen LogP contribution in [0.3, 0.4) is 0 Å². The lowest BCUT2D eigenvalue weighted by Gasteiger charge is -2.12. The molecule has 0 aliphatic heterocycles. The van der Waals surface area contributed by atoms with Crippen molar-refractivity contribution in [3.63, 3.8) is 0 Å². The molecule has 0 aromatic heterocycles. The summed E-state index contributed by atoms with van der Waals surface area (Å²) in [6, 6.07) is 4.34. The Labute approximate surface area is 76.8 Å². The van der Waals surface area contributed by atoms with E-state index in [4.69, 9.17) is 5.73 Å². The Kier molecular flexibility index (Phi) is 1.88. The van der Waals surface area contributed by atoms with Crippen molar-refractivity contribution in [2.24, 2.45) is 11.7 Å². The van der Waals surface area contributed by atoms with Crippen molar-refractivity contribution >= 4 is 0 Å². The van der Waals surface area contributed by atoms with E-state index < -0.39 is 0 Å². The lowest BCUT2D eigenvalue weighted by molar-refractivity contribution is 0.444. The molecule has 70 valence electrons. The Bertz CT molecular complexity index is 321. The van der Waals surface area contributed by atoms with Gasteiger partial charge in [0.05, 0.1) is 0 Å². The van der Waals surface area contributed by atoms with Gasteiger partial charge in [-0.2, -0.15) is 0 Å². The number of hydrogen-bond donors (Lipinski definition) is 3. The summed E-state index contributed by atoms with van der Waals surface area (Å²) < 4.78 is 0. The van der Waals surface area contributed by atoms with Crippen LogP contribution >= 0.6 is 0 Å². The van der Waals surface area contributed by atoms with E-state index in [1.165, 1.54) is 12.1 Å². The molecule has 0 saturated heterocycles. The zero-order valence-corrected chi connectivity index (χ0v) is 7.27. The predicted octanol–water partition coefficient (Wildman–Crippen LogP) is 1.51. The normalized spacial score (nSPS) is 18.5. The third kappa shape index (κ3) is 1.60. The highest BCUT2D eigenvalue weighted by Crippen LogP contribution is 2.42. The van der Waals surface area contributed by atoms with Crippen molar-refractivity contribution in [1.82, 2.24) is 0 Å². The van der Waals surface area contributed by atoms with Gasteiger partial charge in [0.2, 0.25) is 0 Å². The van der Waals surface area contributed by atoms with E-state index in [0.29, 0.717) is 11.5 Å². The fourth-order valence-corrected chi connectivity index (χ4v) is 1.52. The summed E-state index contributed by atoms with van der Waals surface area (Å²) in [5.74, 6) is 0.814. The van der Waals surface area contributed by atoms with Crippen molar-refractivity contribution in [2.75, 3.05) is 0 Å². The van der Waals surface area contributed by atoms with Crippen molar-refractivity contribution < 1.29 is 10.2 Å². The Morgan fingerprint density at radius 2 is 2.00 bits per heavy atom. The Morgan fingerprint density at radius 1 is 1.31 bits per heavy atom. The van der Waals surface area contributed by atoms with Crippen molar-refractivity contribution in [3.8, 4) is 11.5 Å². The van der Waals surface area contributed by atoms with E-state index in [1.54, 1.807) is 6.07 Å². The van der Waals surface area contributed by atoms with E-state index in [-0.39, 0.29) is 17.5 Å². The summed E-state index contributed by atoms with van der Waals surface area (Å²) in [5.41, 5.74) is 6.55. The quantitative estimate of drug-likeness (QED) is 0.603. The van der Waals surface area contributed by atoms with Gasteiger partial charge in [-0.15, -0.1) is 0 Å². The number of hydrogen-bond acceptors (Lipinski definition) is 3. The fourth-order valence-electron chi connectivity index (χ4n) is 1.52. The first-order chi connectivity index (χ1) is 6.18. The smallest absolute Gasteiger partial charge is 0.120 e. The van der Waals surface area contributed by atoms with E-state index in [9.17, 15) is 10.2 Å². The molecule has 0 bridgehead atoms. The van der Waals surface area contributed by atoms with Crippen LogP contribution in [-0.4, -0.2) is 10.2 Å². The Balaban J connectivity index is 2.31. The molecule has 2 rings (SSSR count). The monoisotopic (exact) mass is 179 g/mol. The number of rotatable bonds is 2. The van der Waals surface area contributed by atoms with Gasteiger partial charge in [0.1, 0.15) is 11.5 Å². The van der Waals surface area contributed by atoms with E-state index in [0.717, 1.165) is 12.8 Å². The zero-order chi connectivity index (χ0) is 9.42. The van der Waals surface area contributed by atoms with Gasteiger partial charge in [0, 0.05) is 11.6 Å². The van der Waals surface area contributed by atoms with E-state index >= 15 is 0 Å². The highest BCUT2D eigenvalue weighted by molar-refractivity contribution is 5.41. The first-order valence-corrected chi connectivity index (χ1v) is 4.46. The van der Waals surface area contributed by atoms with E-state index in [1.807, 2.05) is 0 Å². The van der Waals surface area contributed by atoms with Gasteiger partial charge >= 0.3 is 0 Å². The average Bonchev–Trinajstić information content (AvgIpc) is 2.91. The Morgan fingerprint density at radius 3 is 2.62 bits per heavy atom. The molecule has 0 spiro atoms. The molecule has 0 heterocycles. The van der Waals surface area contributed by atoms with E-state index in [2.05, 4.69) is 0 Å². The molecule has 0 radical (unpaired) electrons. The molecule has 1 atom stereocenters. The summed E-state index contributed by atoms with van der Waals surface area (Å²) >= 11 is 0. The molecule has 0 unspecified atom stereocenters. The van der Waals surface area contributed by atoms with Crippen LogP contribution in [0.5, 0.6) is 11.5 Å². The minimum atomic E-state index is -0.132. The average molecular weight is 179 g/mol. The van der Waals surface area contributed by atoms with Crippen LogP contribution in [0.1, 0.15) is 24.4 Å². The lowest BCUT2D eigenvalue weighted by Crippen LogP contribution is -2.12. The molecule has 1 aromatic carbocycles. The number of phenolic OH excluding ortho intramolecular Hbond substituents is 2. The number of nitrogens with two attached hydrogens (primary N) is 1. The standard InChI is InChI=1S/C10H13NO2/c11-10(6-1-2-6)8-5-7(12)3-4-9(8)13/h3-6,10,12-13H,1-2,11H2/t10-/m1/s1. The molecular formula is C10H13NO2. The third-order valence-electron chi connectivity index (χ3n) is 2.50. The van der Waals surface area contributed by atoms with Gasteiger partial charge in [-0.05, 0) is 37.0 Å². The van der Waals surface area contributed by atoms with Crippen molar-refractivity contribution in [1.29, 1.82) is 0 Å². The van der Waals surface area contributed by atoms with Crippen LogP contribution in [0.2, 0.25) is 0 Å². The van der Waals surface area contributed by atoms with Crippen LogP contribution in [0, 0.1) is 5.92 Å². The molecule has 1 aliphatic rings. The second kappa shape index (κ2) is 2.92. The lowest BCUT2D eigenvalue weighted by atomic mass is 10.0.